The molecule has 2 aromatic heterocycles. The van der Waals surface area contributed by atoms with Crippen molar-refractivity contribution in [1.82, 2.24) is 25.3 Å². The second-order valence-electron chi connectivity index (χ2n) is 9.25. The highest BCUT2D eigenvalue weighted by molar-refractivity contribution is 7.91. The number of amides is 1. The Morgan fingerprint density at radius 2 is 1.79 bits per heavy atom. The van der Waals surface area contributed by atoms with Crippen LogP contribution in [-0.4, -0.2) is 34.3 Å². The molecule has 10 nitrogen and oxygen atoms in total. The van der Waals surface area contributed by atoms with Crippen LogP contribution in [0.15, 0.2) is 83.3 Å². The van der Waals surface area contributed by atoms with E-state index in [1.54, 1.807) is 24.4 Å². The van der Waals surface area contributed by atoms with Crippen LogP contribution in [0.5, 0.6) is 5.75 Å². The van der Waals surface area contributed by atoms with Crippen molar-refractivity contribution in [3.8, 4) is 5.75 Å². The van der Waals surface area contributed by atoms with Gasteiger partial charge in [0.15, 0.2) is 0 Å². The van der Waals surface area contributed by atoms with E-state index in [0.717, 1.165) is 29.0 Å². The lowest BCUT2D eigenvalue weighted by molar-refractivity contribution is -0.137. The molecule has 0 saturated carbocycles. The van der Waals surface area contributed by atoms with E-state index in [0.29, 0.717) is 27.2 Å². The van der Waals surface area contributed by atoms with Gasteiger partial charge in [0.25, 0.3) is 10.0 Å². The third-order valence-electron chi connectivity index (χ3n) is 6.17. The number of hydrogen-bond acceptors (Lipinski definition) is 8. The minimum atomic E-state index is -4.44. The standard InChI is InChI=1S/C27H23F3N6O4S2/c28-27(29,30)19-8-6-18(7-9-19)14-32-25(37)23(12-17-4-2-1-3-5-17)36-15-20(34-35-36)16-40-21-10-11-22-24(13-21)41-26(33-22)42(31,38)39/h1-11,13,15,23H,12,14,16H2,(H,32,37)(H2,31,38,39). The van der Waals surface area contributed by atoms with E-state index >= 15 is 0 Å². The number of carbonyl (C=O) groups excluding carboxylic acids is 1. The number of ether oxygens (including phenoxy) is 1. The number of halogens is 3. The lowest BCUT2D eigenvalue weighted by Gasteiger charge is -2.17. The molecule has 15 heteroatoms. The molecule has 0 radical (unpaired) electrons. The second-order valence-corrected chi connectivity index (χ2v) is 12.0. The Kier molecular flexibility index (Phi) is 8.24. The number of nitrogens with two attached hydrogens (primary N) is 1. The SMILES string of the molecule is NS(=O)(=O)c1nc2ccc(OCc3cn(C(Cc4ccccc4)C(=O)NCc4ccc(C(F)(F)F)cc4)nn3)cc2s1. The molecule has 0 aliphatic carbocycles. The fourth-order valence-electron chi connectivity index (χ4n) is 4.05. The summed E-state index contributed by atoms with van der Waals surface area (Å²) < 4.78 is 69.4. The van der Waals surface area contributed by atoms with Crippen LogP contribution in [0.25, 0.3) is 10.2 Å². The van der Waals surface area contributed by atoms with Crippen molar-refractivity contribution in [1.29, 1.82) is 0 Å². The molecular formula is C27H23F3N6O4S2. The molecule has 0 aliphatic rings. The molecule has 218 valence electrons. The minimum Gasteiger partial charge on any atom is -0.487 e. The zero-order valence-corrected chi connectivity index (χ0v) is 23.3. The van der Waals surface area contributed by atoms with Crippen LogP contribution in [0.4, 0.5) is 13.2 Å². The maximum Gasteiger partial charge on any atom is 0.416 e. The zero-order chi connectivity index (χ0) is 29.9. The van der Waals surface area contributed by atoms with Gasteiger partial charge in [-0.3, -0.25) is 4.79 Å². The molecule has 1 unspecified atom stereocenters. The molecule has 0 bridgehead atoms. The quantitative estimate of drug-likeness (QED) is 0.239. The molecule has 2 heterocycles. The average molecular weight is 617 g/mol. The minimum absolute atomic E-state index is 0.0115. The number of primary sulfonamides is 1. The number of hydrogen-bond donors (Lipinski definition) is 2. The molecule has 0 aliphatic heterocycles. The molecule has 42 heavy (non-hydrogen) atoms. The number of aromatic nitrogens is 4. The van der Waals surface area contributed by atoms with Crippen molar-refractivity contribution in [2.45, 2.75) is 36.1 Å². The Labute approximate surface area is 242 Å². The highest BCUT2D eigenvalue weighted by Crippen LogP contribution is 2.30. The van der Waals surface area contributed by atoms with Gasteiger partial charge in [-0.25, -0.2) is 23.2 Å². The average Bonchev–Trinajstić information content (AvgIpc) is 3.61. The number of alkyl halides is 3. The molecule has 0 spiro atoms. The molecular weight excluding hydrogens is 593 g/mol. The topological polar surface area (TPSA) is 142 Å². The van der Waals surface area contributed by atoms with E-state index < -0.39 is 33.7 Å². The predicted molar refractivity (Wildman–Crippen MR) is 148 cm³/mol. The largest absolute Gasteiger partial charge is 0.487 e. The first-order valence-corrected chi connectivity index (χ1v) is 14.8. The first kappa shape index (κ1) is 29.2. The number of rotatable bonds is 10. The number of nitrogens with one attached hydrogen (secondary N) is 1. The summed E-state index contributed by atoms with van der Waals surface area (Å²) in [5.74, 6) is 0.0502. The van der Waals surface area contributed by atoms with Crippen LogP contribution in [0, 0.1) is 0 Å². The Morgan fingerprint density at radius 3 is 2.48 bits per heavy atom. The smallest absolute Gasteiger partial charge is 0.416 e. The summed E-state index contributed by atoms with van der Waals surface area (Å²) >= 11 is 0.926. The number of carbonyl (C=O) groups is 1. The highest BCUT2D eigenvalue weighted by Gasteiger charge is 2.30. The van der Waals surface area contributed by atoms with E-state index in [2.05, 4.69) is 20.6 Å². The van der Waals surface area contributed by atoms with Crippen LogP contribution in [0.3, 0.4) is 0 Å². The lowest BCUT2D eigenvalue weighted by atomic mass is 10.1. The number of sulfonamides is 1. The Balaban J connectivity index is 1.28. The monoisotopic (exact) mass is 616 g/mol. The fraction of sp³-hybridized carbons (Fsp3) is 0.185. The van der Waals surface area contributed by atoms with Crippen molar-refractivity contribution >= 4 is 37.5 Å². The number of benzene rings is 3. The molecule has 1 amide bonds. The summed E-state index contributed by atoms with van der Waals surface area (Å²) in [6.07, 6.45) is -2.57. The first-order valence-electron chi connectivity index (χ1n) is 12.4. The summed E-state index contributed by atoms with van der Waals surface area (Å²) in [4.78, 5) is 17.3. The number of fused-ring (bicyclic) bond motifs is 1. The van der Waals surface area contributed by atoms with Crippen molar-refractivity contribution in [2.24, 2.45) is 5.14 Å². The molecule has 5 rings (SSSR count). The van der Waals surface area contributed by atoms with Gasteiger partial charge in [-0.15, -0.1) is 16.4 Å². The van der Waals surface area contributed by atoms with E-state index in [1.165, 1.54) is 16.8 Å². The maximum atomic E-state index is 13.3. The van der Waals surface area contributed by atoms with Gasteiger partial charge in [-0.05, 0) is 41.5 Å². The van der Waals surface area contributed by atoms with Gasteiger partial charge in [-0.2, -0.15) is 13.2 Å². The second kappa shape index (κ2) is 11.9. The molecule has 5 aromatic rings. The lowest BCUT2D eigenvalue weighted by Crippen LogP contribution is -2.34. The van der Waals surface area contributed by atoms with Crippen molar-refractivity contribution < 1.29 is 31.1 Å². The van der Waals surface area contributed by atoms with Crippen molar-refractivity contribution in [3.05, 3.63) is 101 Å². The fourth-order valence-corrected chi connectivity index (χ4v) is 5.73. The zero-order valence-electron chi connectivity index (χ0n) is 21.7. The first-order chi connectivity index (χ1) is 20.0. The Bertz CT molecular complexity index is 1810. The molecule has 0 saturated heterocycles. The van der Waals surface area contributed by atoms with Crippen molar-refractivity contribution in [2.75, 3.05) is 0 Å². The van der Waals surface area contributed by atoms with Gasteiger partial charge in [0, 0.05) is 13.0 Å². The summed E-state index contributed by atoms with van der Waals surface area (Å²) in [6.45, 7) is 0.0394. The summed E-state index contributed by atoms with van der Waals surface area (Å²) in [7, 11) is -3.92. The van der Waals surface area contributed by atoms with Crippen LogP contribution in [0.2, 0.25) is 0 Å². The summed E-state index contributed by atoms with van der Waals surface area (Å²) in [5, 5.41) is 16.2. The van der Waals surface area contributed by atoms with Crippen molar-refractivity contribution in [3.63, 3.8) is 0 Å². The predicted octanol–water partition coefficient (Wildman–Crippen LogP) is 4.23. The molecule has 3 aromatic carbocycles. The van der Waals surface area contributed by atoms with Gasteiger partial charge < -0.3 is 10.1 Å². The van der Waals surface area contributed by atoms with Crippen LogP contribution in [0.1, 0.15) is 28.4 Å². The summed E-state index contributed by atoms with van der Waals surface area (Å²) in [6, 6.07) is 18.0. The third kappa shape index (κ3) is 7.10. The summed E-state index contributed by atoms with van der Waals surface area (Å²) in [5.41, 5.74) is 1.51. The van der Waals surface area contributed by atoms with Crippen LogP contribution >= 0.6 is 11.3 Å². The van der Waals surface area contributed by atoms with Gasteiger partial charge in [0.2, 0.25) is 10.2 Å². The van der Waals surface area contributed by atoms with Crippen LogP contribution < -0.4 is 15.2 Å². The van der Waals surface area contributed by atoms with Crippen LogP contribution in [-0.2, 0) is 40.6 Å². The van der Waals surface area contributed by atoms with Gasteiger partial charge in [0.1, 0.15) is 24.1 Å². The Morgan fingerprint density at radius 1 is 1.05 bits per heavy atom. The van der Waals surface area contributed by atoms with E-state index in [9.17, 15) is 26.4 Å². The van der Waals surface area contributed by atoms with E-state index in [4.69, 9.17) is 9.88 Å². The normalized spacial score (nSPS) is 12.8. The molecule has 0 fully saturated rings. The molecule has 3 N–H and O–H groups in total. The van der Waals surface area contributed by atoms with E-state index in [1.807, 2.05) is 30.3 Å². The highest BCUT2D eigenvalue weighted by atomic mass is 32.2. The maximum absolute atomic E-state index is 13.3. The van der Waals surface area contributed by atoms with Gasteiger partial charge >= 0.3 is 6.18 Å². The van der Waals surface area contributed by atoms with Gasteiger partial charge in [0.05, 0.1) is 22.0 Å². The number of nitrogens with zero attached hydrogens (tertiary/aromatic N) is 4. The number of thiazole rings is 1. The molecule has 1 atom stereocenters. The van der Waals surface area contributed by atoms with E-state index in [-0.39, 0.29) is 23.9 Å². The Hall–Kier alpha value is -4.34. The van der Waals surface area contributed by atoms with Gasteiger partial charge in [-0.1, -0.05) is 47.7 Å². The third-order valence-corrected chi connectivity index (χ3v) is 8.51.